The zero-order valence-corrected chi connectivity index (χ0v) is 17.6. The largest absolute Gasteiger partial charge is 0.480 e. The number of nitrogens with two attached hydrogens (primary N) is 1. The Kier molecular flexibility index (Phi) is 23.4. The molecular weight excluding hydrogens is 348 g/mol. The standard InChI is InChI=1S/C10H14N2O4S.3C2H6.H2S/c1-7-2-4-8(5-3-7)17(15,16)12-9(6-11)10(13)14;3*1-2;/h2-5,9,12H,6,11H2,1H3,(H,13,14);3*1-2H3;1H2/t9-;;;;/m0..../s1. The lowest BCUT2D eigenvalue weighted by molar-refractivity contribution is -0.138. The predicted molar refractivity (Wildman–Crippen MR) is 106 cm³/mol. The Labute approximate surface area is 154 Å². The third-order valence-electron chi connectivity index (χ3n) is 2.16. The van der Waals surface area contributed by atoms with Gasteiger partial charge in [0.1, 0.15) is 6.04 Å². The molecule has 8 heteroatoms. The van der Waals surface area contributed by atoms with Crippen molar-refractivity contribution in [2.45, 2.75) is 59.4 Å². The molecule has 4 N–H and O–H groups in total. The Morgan fingerprint density at radius 2 is 1.46 bits per heavy atom. The van der Waals surface area contributed by atoms with Gasteiger partial charge in [0.05, 0.1) is 4.90 Å². The summed E-state index contributed by atoms with van der Waals surface area (Å²) in [6.45, 7) is 13.5. The molecule has 0 saturated heterocycles. The molecule has 24 heavy (non-hydrogen) atoms. The summed E-state index contributed by atoms with van der Waals surface area (Å²) in [6.07, 6.45) is 0. The molecule has 0 aliphatic heterocycles. The molecule has 0 aliphatic carbocycles. The van der Waals surface area contributed by atoms with Crippen LogP contribution in [0.25, 0.3) is 0 Å². The smallest absolute Gasteiger partial charge is 0.323 e. The van der Waals surface area contributed by atoms with E-state index >= 15 is 0 Å². The summed E-state index contributed by atoms with van der Waals surface area (Å²) < 4.78 is 25.6. The van der Waals surface area contributed by atoms with Crippen LogP contribution in [0, 0.1) is 6.92 Å². The van der Waals surface area contributed by atoms with Crippen molar-refractivity contribution < 1.29 is 18.3 Å². The monoisotopic (exact) mass is 382 g/mol. The van der Waals surface area contributed by atoms with Crippen molar-refractivity contribution in [3.8, 4) is 0 Å². The lowest BCUT2D eigenvalue weighted by Crippen LogP contribution is -2.45. The lowest BCUT2D eigenvalue weighted by Gasteiger charge is -2.12. The topological polar surface area (TPSA) is 109 Å². The second-order valence-corrected chi connectivity index (χ2v) is 5.27. The number of aryl methyl sites for hydroxylation is 1. The number of hydrogen-bond acceptors (Lipinski definition) is 4. The highest BCUT2D eigenvalue weighted by molar-refractivity contribution is 7.89. The predicted octanol–water partition coefficient (Wildman–Crippen LogP) is 2.88. The van der Waals surface area contributed by atoms with E-state index < -0.39 is 22.0 Å². The minimum atomic E-state index is -3.84. The van der Waals surface area contributed by atoms with Crippen molar-refractivity contribution in [1.82, 2.24) is 4.72 Å². The molecule has 0 spiro atoms. The van der Waals surface area contributed by atoms with E-state index in [1.54, 1.807) is 12.1 Å². The Morgan fingerprint density at radius 3 is 1.75 bits per heavy atom. The van der Waals surface area contributed by atoms with Crippen LogP contribution in [0.5, 0.6) is 0 Å². The minimum absolute atomic E-state index is 0. The fraction of sp³-hybridized carbons (Fsp3) is 0.562. The van der Waals surface area contributed by atoms with E-state index in [2.05, 4.69) is 0 Å². The highest BCUT2D eigenvalue weighted by Gasteiger charge is 2.23. The molecule has 1 aromatic rings. The van der Waals surface area contributed by atoms with Gasteiger partial charge in [0.15, 0.2) is 0 Å². The van der Waals surface area contributed by atoms with Gasteiger partial charge in [-0.1, -0.05) is 59.2 Å². The number of aliphatic carboxylic acids is 1. The van der Waals surface area contributed by atoms with E-state index in [9.17, 15) is 13.2 Å². The summed E-state index contributed by atoms with van der Waals surface area (Å²) in [5.41, 5.74) is 6.09. The molecule has 0 amide bonds. The van der Waals surface area contributed by atoms with Crippen LogP contribution >= 0.6 is 13.5 Å². The molecule has 0 bridgehead atoms. The van der Waals surface area contributed by atoms with E-state index in [1.807, 2.05) is 53.2 Å². The highest BCUT2D eigenvalue weighted by atomic mass is 32.2. The average molecular weight is 383 g/mol. The fourth-order valence-corrected chi connectivity index (χ4v) is 2.37. The summed E-state index contributed by atoms with van der Waals surface area (Å²) >= 11 is 0. The first-order valence-corrected chi connectivity index (χ1v) is 9.37. The van der Waals surface area contributed by atoms with E-state index in [0.29, 0.717) is 0 Å². The lowest BCUT2D eigenvalue weighted by atomic mass is 10.2. The Morgan fingerprint density at radius 1 is 1.08 bits per heavy atom. The van der Waals surface area contributed by atoms with Crippen molar-refractivity contribution in [2.24, 2.45) is 5.73 Å². The van der Waals surface area contributed by atoms with Crippen LogP contribution < -0.4 is 10.5 Å². The van der Waals surface area contributed by atoms with E-state index in [-0.39, 0.29) is 24.9 Å². The first kappa shape index (κ1) is 30.8. The molecule has 144 valence electrons. The van der Waals surface area contributed by atoms with Crippen LogP contribution in [0.2, 0.25) is 0 Å². The third-order valence-corrected chi connectivity index (χ3v) is 3.65. The van der Waals surface area contributed by atoms with E-state index in [0.717, 1.165) is 5.56 Å². The summed E-state index contributed by atoms with van der Waals surface area (Å²) in [5, 5.41) is 8.72. The molecule has 0 fully saturated rings. The molecule has 1 rings (SSSR count). The van der Waals surface area contributed by atoms with Crippen molar-refractivity contribution >= 4 is 29.5 Å². The van der Waals surface area contributed by atoms with Gasteiger partial charge in [-0.3, -0.25) is 4.79 Å². The third kappa shape index (κ3) is 12.3. The Hall–Kier alpha value is -1.09. The SMILES string of the molecule is CC.CC.CC.Cc1ccc(S(=O)(=O)N[C@@H](CN)C(=O)O)cc1.S. The number of benzene rings is 1. The van der Waals surface area contributed by atoms with Crippen LogP contribution in [0.15, 0.2) is 29.2 Å². The number of carboxylic acids is 1. The number of carbonyl (C=O) groups is 1. The maximum Gasteiger partial charge on any atom is 0.323 e. The van der Waals surface area contributed by atoms with Crippen molar-refractivity contribution in [2.75, 3.05) is 6.54 Å². The fourth-order valence-electron chi connectivity index (χ4n) is 1.17. The maximum atomic E-state index is 11.8. The number of rotatable bonds is 5. The normalized spacial score (nSPS) is 10.2. The first-order valence-electron chi connectivity index (χ1n) is 7.88. The van der Waals surface area contributed by atoms with Gasteiger partial charge >= 0.3 is 5.97 Å². The first-order chi connectivity index (χ1) is 10.9. The van der Waals surface area contributed by atoms with E-state index in [1.165, 1.54) is 12.1 Å². The number of nitrogens with one attached hydrogen (secondary N) is 1. The molecule has 0 unspecified atom stereocenters. The second kappa shape index (κ2) is 18.3. The Balaban J connectivity index is -0.000000256. The van der Waals surface area contributed by atoms with E-state index in [4.69, 9.17) is 10.8 Å². The quantitative estimate of drug-likeness (QED) is 0.725. The molecule has 0 aromatic heterocycles. The van der Waals surface area contributed by atoms with Crippen LogP contribution in [-0.4, -0.2) is 32.1 Å². The van der Waals surface area contributed by atoms with Crippen LogP contribution in [0.4, 0.5) is 0 Å². The minimum Gasteiger partial charge on any atom is -0.480 e. The van der Waals surface area contributed by atoms with Gasteiger partial charge in [-0.15, -0.1) is 0 Å². The van der Waals surface area contributed by atoms with Crippen LogP contribution in [-0.2, 0) is 14.8 Å². The van der Waals surface area contributed by atoms with Gasteiger partial charge in [0.2, 0.25) is 10.0 Å². The van der Waals surface area contributed by atoms with Gasteiger partial charge in [-0.2, -0.15) is 18.2 Å². The zero-order chi connectivity index (χ0) is 19.1. The van der Waals surface area contributed by atoms with Crippen LogP contribution in [0.3, 0.4) is 0 Å². The second-order valence-electron chi connectivity index (χ2n) is 3.56. The summed E-state index contributed by atoms with van der Waals surface area (Å²) in [7, 11) is -3.84. The van der Waals surface area contributed by atoms with Crippen molar-refractivity contribution in [3.05, 3.63) is 29.8 Å². The van der Waals surface area contributed by atoms with Crippen molar-refractivity contribution in [3.63, 3.8) is 0 Å². The zero-order valence-electron chi connectivity index (χ0n) is 15.8. The van der Waals surface area contributed by atoms with Gasteiger partial charge in [0, 0.05) is 6.54 Å². The summed E-state index contributed by atoms with van der Waals surface area (Å²) in [5.74, 6) is -1.30. The molecule has 1 aromatic carbocycles. The molecule has 0 aliphatic rings. The van der Waals surface area contributed by atoms with Gasteiger partial charge in [-0.25, -0.2) is 8.42 Å². The molecule has 6 nitrogen and oxygen atoms in total. The molecule has 0 saturated carbocycles. The van der Waals surface area contributed by atoms with Crippen LogP contribution in [0.1, 0.15) is 47.1 Å². The highest BCUT2D eigenvalue weighted by Crippen LogP contribution is 2.10. The van der Waals surface area contributed by atoms with Gasteiger partial charge < -0.3 is 10.8 Å². The number of carboxylic acid groups (broad SMARTS) is 1. The van der Waals surface area contributed by atoms with Crippen molar-refractivity contribution in [1.29, 1.82) is 0 Å². The maximum absolute atomic E-state index is 11.8. The summed E-state index contributed by atoms with van der Waals surface area (Å²) in [6, 6.07) is 4.76. The molecule has 1 atom stereocenters. The number of sulfonamides is 1. The Bertz CT molecular complexity index is 503. The average Bonchev–Trinajstić information content (AvgIpc) is 2.58. The summed E-state index contributed by atoms with van der Waals surface area (Å²) in [4.78, 5) is 10.7. The van der Waals surface area contributed by atoms with Gasteiger partial charge in [-0.05, 0) is 19.1 Å². The molecule has 0 radical (unpaired) electrons. The number of hydrogen-bond donors (Lipinski definition) is 3. The van der Waals surface area contributed by atoms with Gasteiger partial charge in [0.25, 0.3) is 0 Å². The molecular formula is C16H34N2O4S2. The molecule has 0 heterocycles.